The molecule has 0 bridgehead atoms. The molecule has 3 nitrogen and oxygen atoms in total. The molecule has 1 heterocycles. The van der Waals surface area contributed by atoms with Crippen LogP contribution in [0.5, 0.6) is 0 Å². The second-order valence-corrected chi connectivity index (χ2v) is 5.86. The van der Waals surface area contributed by atoms with Gasteiger partial charge in [-0.15, -0.1) is 0 Å². The Balaban J connectivity index is 2.06. The van der Waals surface area contributed by atoms with Crippen LogP contribution in [0.3, 0.4) is 0 Å². The summed E-state index contributed by atoms with van der Waals surface area (Å²) in [5.41, 5.74) is 1.62. The van der Waals surface area contributed by atoms with E-state index in [9.17, 15) is 9.90 Å². The van der Waals surface area contributed by atoms with Crippen LogP contribution in [-0.2, 0) is 4.79 Å². The fourth-order valence-corrected chi connectivity index (χ4v) is 2.72. The molecule has 2 rings (SSSR count). The predicted octanol–water partition coefficient (Wildman–Crippen LogP) is 2.97. The van der Waals surface area contributed by atoms with Crippen molar-refractivity contribution in [2.24, 2.45) is 5.92 Å². The van der Waals surface area contributed by atoms with Gasteiger partial charge in [0.25, 0.3) is 0 Å². The average Bonchev–Trinajstić information content (AvgIpc) is 2.87. The summed E-state index contributed by atoms with van der Waals surface area (Å²) >= 11 is 5.94. The number of aliphatic hydroxyl groups is 1. The third-order valence-corrected chi connectivity index (χ3v) is 4.00. The summed E-state index contributed by atoms with van der Waals surface area (Å²) in [6.45, 7) is 4.96. The molecule has 2 atom stereocenters. The molecule has 1 aliphatic rings. The van der Waals surface area contributed by atoms with Crippen molar-refractivity contribution in [3.05, 3.63) is 40.4 Å². The Morgan fingerprint density at radius 2 is 2.30 bits per heavy atom. The first kappa shape index (κ1) is 15.1. The third-order valence-electron chi connectivity index (χ3n) is 3.76. The van der Waals surface area contributed by atoms with Crippen LogP contribution in [-0.4, -0.2) is 35.1 Å². The van der Waals surface area contributed by atoms with Gasteiger partial charge >= 0.3 is 0 Å². The van der Waals surface area contributed by atoms with Gasteiger partial charge < -0.3 is 10.0 Å². The topological polar surface area (TPSA) is 40.5 Å². The predicted molar refractivity (Wildman–Crippen MR) is 81.5 cm³/mol. The van der Waals surface area contributed by atoms with Crippen LogP contribution in [0.25, 0.3) is 6.08 Å². The lowest BCUT2D eigenvalue weighted by Crippen LogP contribution is -2.30. The van der Waals surface area contributed by atoms with Crippen molar-refractivity contribution in [1.82, 2.24) is 4.90 Å². The number of likely N-dealkylation sites (tertiary alicyclic amines) is 1. The minimum absolute atomic E-state index is 0.0353. The highest BCUT2D eigenvalue weighted by Crippen LogP contribution is 2.22. The van der Waals surface area contributed by atoms with Gasteiger partial charge in [0.05, 0.1) is 6.10 Å². The van der Waals surface area contributed by atoms with Gasteiger partial charge in [-0.05, 0) is 44.0 Å². The first-order valence-electron chi connectivity index (χ1n) is 6.88. The number of nitrogens with zero attached hydrogens (tertiary/aromatic N) is 1. The molecule has 0 radical (unpaired) electrons. The molecule has 0 aromatic heterocycles. The standard InChI is InChI=1S/C16H20ClNO2/c1-11(8-13-4-3-5-15(17)9-13)16(20)18-7-6-14(10-18)12(2)19/h3-5,8-9,12,14,19H,6-7,10H2,1-2H3/b11-8+. The van der Waals surface area contributed by atoms with Crippen molar-refractivity contribution in [2.75, 3.05) is 13.1 Å². The summed E-state index contributed by atoms with van der Waals surface area (Å²) in [4.78, 5) is 14.2. The van der Waals surface area contributed by atoms with Crippen LogP contribution in [0, 0.1) is 5.92 Å². The monoisotopic (exact) mass is 293 g/mol. The summed E-state index contributed by atoms with van der Waals surface area (Å²) in [6.07, 6.45) is 2.36. The van der Waals surface area contributed by atoms with E-state index in [-0.39, 0.29) is 17.9 Å². The Morgan fingerprint density at radius 3 is 2.90 bits per heavy atom. The molecule has 20 heavy (non-hydrogen) atoms. The maximum absolute atomic E-state index is 12.3. The van der Waals surface area contributed by atoms with Crippen LogP contribution in [0.1, 0.15) is 25.8 Å². The maximum atomic E-state index is 12.3. The van der Waals surface area contributed by atoms with E-state index in [1.165, 1.54) is 0 Å². The van der Waals surface area contributed by atoms with E-state index in [2.05, 4.69) is 0 Å². The zero-order valence-electron chi connectivity index (χ0n) is 11.8. The SMILES string of the molecule is C/C(=C\c1cccc(Cl)c1)C(=O)N1CCC(C(C)O)C1. The number of amides is 1. The van der Waals surface area contributed by atoms with Crippen molar-refractivity contribution < 1.29 is 9.90 Å². The molecule has 2 unspecified atom stereocenters. The number of hydrogen-bond donors (Lipinski definition) is 1. The van der Waals surface area contributed by atoms with Gasteiger partial charge in [-0.2, -0.15) is 0 Å². The Hall–Kier alpha value is -1.32. The number of aliphatic hydroxyl groups excluding tert-OH is 1. The average molecular weight is 294 g/mol. The molecule has 1 aromatic carbocycles. The van der Waals surface area contributed by atoms with Crippen LogP contribution >= 0.6 is 11.6 Å². The molecule has 1 aromatic rings. The van der Waals surface area contributed by atoms with Crippen molar-refractivity contribution >= 4 is 23.6 Å². The number of carbonyl (C=O) groups is 1. The number of halogens is 1. The van der Waals surface area contributed by atoms with Gasteiger partial charge in [0.1, 0.15) is 0 Å². The van der Waals surface area contributed by atoms with E-state index in [0.717, 1.165) is 18.5 Å². The minimum atomic E-state index is -0.356. The van der Waals surface area contributed by atoms with Crippen LogP contribution in [0.4, 0.5) is 0 Å². The highest BCUT2D eigenvalue weighted by atomic mass is 35.5. The summed E-state index contributed by atoms with van der Waals surface area (Å²) < 4.78 is 0. The highest BCUT2D eigenvalue weighted by Gasteiger charge is 2.29. The van der Waals surface area contributed by atoms with E-state index < -0.39 is 0 Å². The van der Waals surface area contributed by atoms with E-state index in [0.29, 0.717) is 17.1 Å². The van der Waals surface area contributed by atoms with Gasteiger partial charge in [-0.25, -0.2) is 0 Å². The normalized spacial score (nSPS) is 21.1. The molecule has 4 heteroatoms. The summed E-state index contributed by atoms with van der Waals surface area (Å²) in [7, 11) is 0. The third kappa shape index (κ3) is 3.62. The zero-order chi connectivity index (χ0) is 14.7. The molecule has 1 N–H and O–H groups in total. The van der Waals surface area contributed by atoms with E-state index in [4.69, 9.17) is 11.6 Å². The van der Waals surface area contributed by atoms with Crippen LogP contribution in [0.15, 0.2) is 29.8 Å². The molecule has 0 spiro atoms. The summed E-state index contributed by atoms with van der Waals surface area (Å²) in [5.74, 6) is 0.228. The quantitative estimate of drug-likeness (QED) is 0.871. The van der Waals surface area contributed by atoms with Crippen molar-refractivity contribution in [1.29, 1.82) is 0 Å². The Bertz CT molecular complexity index is 525. The Morgan fingerprint density at radius 1 is 1.55 bits per heavy atom. The van der Waals surface area contributed by atoms with E-state index in [1.54, 1.807) is 6.92 Å². The van der Waals surface area contributed by atoms with E-state index in [1.807, 2.05) is 42.2 Å². The van der Waals surface area contributed by atoms with Crippen molar-refractivity contribution in [2.45, 2.75) is 26.4 Å². The molecule has 108 valence electrons. The Kier molecular flexibility index (Phi) is 4.84. The van der Waals surface area contributed by atoms with Gasteiger partial charge in [-0.1, -0.05) is 23.7 Å². The summed E-state index contributed by atoms with van der Waals surface area (Å²) in [6, 6.07) is 7.43. The smallest absolute Gasteiger partial charge is 0.249 e. The minimum Gasteiger partial charge on any atom is -0.393 e. The number of rotatable bonds is 3. The van der Waals surface area contributed by atoms with Gasteiger partial charge in [-0.3, -0.25) is 4.79 Å². The maximum Gasteiger partial charge on any atom is 0.249 e. The lowest BCUT2D eigenvalue weighted by atomic mass is 10.0. The number of hydrogen-bond acceptors (Lipinski definition) is 2. The molecule has 1 saturated heterocycles. The molecule has 1 fully saturated rings. The van der Waals surface area contributed by atoms with Gasteiger partial charge in [0.15, 0.2) is 0 Å². The molecular weight excluding hydrogens is 274 g/mol. The van der Waals surface area contributed by atoms with Crippen LogP contribution < -0.4 is 0 Å². The second-order valence-electron chi connectivity index (χ2n) is 5.42. The van der Waals surface area contributed by atoms with Crippen molar-refractivity contribution in [3.63, 3.8) is 0 Å². The fourth-order valence-electron chi connectivity index (χ4n) is 2.52. The second kappa shape index (κ2) is 6.42. The first-order valence-corrected chi connectivity index (χ1v) is 7.26. The van der Waals surface area contributed by atoms with Gasteiger partial charge in [0.2, 0.25) is 5.91 Å². The highest BCUT2D eigenvalue weighted by molar-refractivity contribution is 6.30. The lowest BCUT2D eigenvalue weighted by molar-refractivity contribution is -0.126. The van der Waals surface area contributed by atoms with E-state index >= 15 is 0 Å². The van der Waals surface area contributed by atoms with Gasteiger partial charge in [0, 0.05) is 29.6 Å². The zero-order valence-corrected chi connectivity index (χ0v) is 12.6. The number of carbonyl (C=O) groups excluding carboxylic acids is 1. The van der Waals surface area contributed by atoms with Crippen molar-refractivity contribution in [3.8, 4) is 0 Å². The molecule has 1 aliphatic heterocycles. The van der Waals surface area contributed by atoms with Crippen LogP contribution in [0.2, 0.25) is 5.02 Å². The molecule has 0 saturated carbocycles. The molecule has 0 aliphatic carbocycles. The first-order chi connectivity index (χ1) is 9.47. The number of benzene rings is 1. The Labute approximate surface area is 124 Å². The largest absolute Gasteiger partial charge is 0.393 e. The fraction of sp³-hybridized carbons (Fsp3) is 0.438. The molecular formula is C16H20ClNO2. The summed E-state index contributed by atoms with van der Waals surface area (Å²) in [5, 5.41) is 10.3. The lowest BCUT2D eigenvalue weighted by Gasteiger charge is -2.18. The molecule has 1 amide bonds.